The van der Waals surface area contributed by atoms with Crippen LogP contribution in [0.3, 0.4) is 0 Å². The van der Waals surface area contributed by atoms with E-state index in [0.717, 1.165) is 36.0 Å². The molecule has 2 N–H and O–H groups in total. The van der Waals surface area contributed by atoms with Crippen molar-refractivity contribution in [2.24, 2.45) is 0 Å². The van der Waals surface area contributed by atoms with Gasteiger partial charge in [0, 0.05) is 31.6 Å². The van der Waals surface area contributed by atoms with Gasteiger partial charge in [0.25, 0.3) is 0 Å². The molecule has 1 unspecified atom stereocenters. The van der Waals surface area contributed by atoms with Crippen molar-refractivity contribution in [1.29, 1.82) is 0 Å². The Morgan fingerprint density at radius 2 is 1.68 bits per heavy atom. The van der Waals surface area contributed by atoms with E-state index in [-0.39, 0.29) is 0 Å². The summed E-state index contributed by atoms with van der Waals surface area (Å²) in [6.45, 7) is 6.44. The second-order valence-electron chi connectivity index (χ2n) is 8.09. The van der Waals surface area contributed by atoms with Gasteiger partial charge in [0.05, 0.1) is 19.1 Å². The molecule has 0 aromatic heterocycles. The van der Waals surface area contributed by atoms with Gasteiger partial charge >= 0.3 is 0 Å². The summed E-state index contributed by atoms with van der Waals surface area (Å²) in [7, 11) is 2.43. The van der Waals surface area contributed by atoms with E-state index in [4.69, 9.17) is 12.2 Å². The molecule has 0 radical (unpaired) electrons. The van der Waals surface area contributed by atoms with Crippen molar-refractivity contribution in [2.45, 2.75) is 70.9 Å². The van der Waals surface area contributed by atoms with Gasteiger partial charge in [-0.15, -0.1) is 0 Å². The Morgan fingerprint density at radius 1 is 1.04 bits per heavy atom. The number of quaternary nitrogens is 1. The number of thiocarbonyl (C=S) groups is 1. The summed E-state index contributed by atoms with van der Waals surface area (Å²) in [5, 5.41) is 4.37. The highest BCUT2D eigenvalue weighted by Crippen LogP contribution is 2.19. The number of rotatable bonds is 3. The lowest BCUT2D eigenvalue weighted by Crippen LogP contribution is -3.17. The number of aryl methyl sites for hydroxylation is 2. The molecule has 3 rings (SSSR count). The van der Waals surface area contributed by atoms with E-state index in [2.05, 4.69) is 49.3 Å². The second-order valence-corrected chi connectivity index (χ2v) is 8.48. The fourth-order valence-corrected chi connectivity index (χ4v) is 4.79. The molecule has 1 aliphatic heterocycles. The smallest absolute Gasteiger partial charge is 0.173 e. The van der Waals surface area contributed by atoms with E-state index in [1.165, 1.54) is 56.1 Å². The average Bonchev–Trinajstić information content (AvgIpc) is 2.65. The van der Waals surface area contributed by atoms with Crippen LogP contribution in [0.25, 0.3) is 0 Å². The maximum Gasteiger partial charge on any atom is 0.173 e. The Labute approximate surface area is 158 Å². The predicted octanol–water partition coefficient (Wildman–Crippen LogP) is 3.31. The maximum atomic E-state index is 5.70. The van der Waals surface area contributed by atoms with Gasteiger partial charge in [-0.25, -0.2) is 0 Å². The standard InChI is InChI=1S/C21H33N3S/c1-16-9-10-17(2)20(15-16)22-21(25)24-13-11-19(12-14-24)23(3)18-7-5-4-6-8-18/h9-10,15,18-19H,4-8,11-14H2,1-3H3,(H,22,25)/p+1. The molecule has 1 atom stereocenters. The second kappa shape index (κ2) is 8.50. The molecule has 1 aromatic carbocycles. The van der Waals surface area contributed by atoms with Gasteiger partial charge < -0.3 is 15.1 Å². The van der Waals surface area contributed by atoms with Gasteiger partial charge in [-0.05, 0) is 68.9 Å². The third kappa shape index (κ3) is 4.73. The molecular weight excluding hydrogens is 326 g/mol. The van der Waals surface area contributed by atoms with Gasteiger partial charge in [0.15, 0.2) is 5.11 Å². The van der Waals surface area contributed by atoms with E-state index >= 15 is 0 Å². The monoisotopic (exact) mass is 360 g/mol. The molecule has 2 fully saturated rings. The largest absolute Gasteiger partial charge is 0.349 e. The van der Waals surface area contributed by atoms with Crippen molar-refractivity contribution in [2.75, 3.05) is 25.5 Å². The highest BCUT2D eigenvalue weighted by Gasteiger charge is 2.31. The van der Waals surface area contributed by atoms with Gasteiger partial charge in [-0.2, -0.15) is 0 Å². The van der Waals surface area contributed by atoms with Crippen molar-refractivity contribution in [1.82, 2.24) is 4.90 Å². The number of nitrogens with one attached hydrogen (secondary N) is 2. The minimum absolute atomic E-state index is 0.808. The first kappa shape index (κ1) is 18.7. The third-order valence-electron chi connectivity index (χ3n) is 6.31. The zero-order chi connectivity index (χ0) is 17.8. The zero-order valence-electron chi connectivity index (χ0n) is 16.1. The summed E-state index contributed by atoms with van der Waals surface area (Å²) in [5.74, 6) is 0. The van der Waals surface area contributed by atoms with Crippen LogP contribution >= 0.6 is 12.2 Å². The first-order valence-corrected chi connectivity index (χ1v) is 10.4. The van der Waals surface area contributed by atoms with E-state index in [1.54, 1.807) is 4.90 Å². The van der Waals surface area contributed by atoms with Crippen LogP contribution in [0.5, 0.6) is 0 Å². The van der Waals surface area contributed by atoms with E-state index in [0.29, 0.717) is 0 Å². The lowest BCUT2D eigenvalue weighted by Gasteiger charge is -2.39. The molecule has 25 heavy (non-hydrogen) atoms. The summed E-state index contributed by atoms with van der Waals surface area (Å²) in [6.07, 6.45) is 9.70. The van der Waals surface area contributed by atoms with Crippen molar-refractivity contribution in [3.8, 4) is 0 Å². The first-order valence-electron chi connectivity index (χ1n) is 10.0. The van der Waals surface area contributed by atoms with E-state index < -0.39 is 0 Å². The fourth-order valence-electron chi connectivity index (χ4n) is 4.49. The maximum absolute atomic E-state index is 5.70. The average molecular weight is 361 g/mol. The Hall–Kier alpha value is -1.13. The van der Waals surface area contributed by atoms with Crippen LogP contribution in [0.1, 0.15) is 56.1 Å². The molecule has 1 saturated carbocycles. The van der Waals surface area contributed by atoms with Gasteiger partial charge in [0.2, 0.25) is 0 Å². The van der Waals surface area contributed by atoms with E-state index in [9.17, 15) is 0 Å². The van der Waals surface area contributed by atoms with Gasteiger partial charge in [-0.1, -0.05) is 18.6 Å². The molecule has 3 nitrogen and oxygen atoms in total. The first-order chi connectivity index (χ1) is 12.0. The number of piperidine rings is 1. The molecule has 2 aliphatic rings. The van der Waals surface area contributed by atoms with Crippen molar-refractivity contribution in [3.63, 3.8) is 0 Å². The highest BCUT2D eigenvalue weighted by atomic mass is 32.1. The number of benzene rings is 1. The SMILES string of the molecule is Cc1ccc(C)c(NC(=S)N2CCC([NH+](C)C3CCCCC3)CC2)c1. The van der Waals surface area contributed by atoms with Gasteiger partial charge in [0.1, 0.15) is 0 Å². The number of hydrogen-bond acceptors (Lipinski definition) is 1. The molecule has 1 aromatic rings. The normalized spacial score (nSPS) is 21.2. The van der Waals surface area contributed by atoms with Crippen molar-refractivity contribution in [3.05, 3.63) is 29.3 Å². The minimum atomic E-state index is 0.808. The molecule has 1 heterocycles. The number of nitrogens with zero attached hydrogens (tertiary/aromatic N) is 1. The number of likely N-dealkylation sites (tertiary alicyclic amines) is 1. The minimum Gasteiger partial charge on any atom is -0.349 e. The van der Waals surface area contributed by atoms with Crippen LogP contribution in [0.4, 0.5) is 5.69 Å². The summed E-state index contributed by atoms with van der Waals surface area (Å²) in [4.78, 5) is 4.15. The van der Waals surface area contributed by atoms with Gasteiger partial charge in [-0.3, -0.25) is 0 Å². The van der Waals surface area contributed by atoms with Crippen LogP contribution in [-0.4, -0.2) is 42.2 Å². The molecule has 0 spiro atoms. The summed E-state index contributed by atoms with van der Waals surface area (Å²) in [5.41, 5.74) is 3.67. The Morgan fingerprint density at radius 3 is 2.36 bits per heavy atom. The van der Waals surface area contributed by atoms with E-state index in [1.807, 2.05) is 0 Å². The van der Waals surface area contributed by atoms with Crippen molar-refractivity contribution < 1.29 is 4.90 Å². The lowest BCUT2D eigenvalue weighted by molar-refractivity contribution is -0.933. The van der Waals surface area contributed by atoms with Crippen LogP contribution in [-0.2, 0) is 0 Å². The Kier molecular flexibility index (Phi) is 6.34. The topological polar surface area (TPSA) is 19.7 Å². The molecular formula is C21H34N3S+. The lowest BCUT2D eigenvalue weighted by atomic mass is 9.92. The molecule has 0 bridgehead atoms. The predicted molar refractivity (Wildman–Crippen MR) is 110 cm³/mol. The Balaban J connectivity index is 1.51. The summed E-state index contributed by atoms with van der Waals surface area (Å²) >= 11 is 5.70. The highest BCUT2D eigenvalue weighted by molar-refractivity contribution is 7.80. The molecule has 1 aliphatic carbocycles. The molecule has 0 amide bonds. The van der Waals surface area contributed by atoms with Crippen LogP contribution in [0.2, 0.25) is 0 Å². The van der Waals surface area contributed by atoms with Crippen LogP contribution < -0.4 is 10.2 Å². The Bertz CT molecular complexity index is 587. The number of hydrogen-bond donors (Lipinski definition) is 2. The third-order valence-corrected chi connectivity index (χ3v) is 6.67. The summed E-state index contributed by atoms with van der Waals surface area (Å²) in [6, 6.07) is 8.21. The van der Waals surface area contributed by atoms with Crippen LogP contribution in [0, 0.1) is 13.8 Å². The molecule has 138 valence electrons. The molecule has 1 saturated heterocycles. The van der Waals surface area contributed by atoms with Crippen LogP contribution in [0.15, 0.2) is 18.2 Å². The molecule has 4 heteroatoms. The fraction of sp³-hybridized carbons (Fsp3) is 0.667. The van der Waals surface area contributed by atoms with Crippen molar-refractivity contribution >= 4 is 23.0 Å². The summed E-state index contributed by atoms with van der Waals surface area (Å²) < 4.78 is 0. The number of anilines is 1. The zero-order valence-corrected chi connectivity index (χ0v) is 16.9. The quantitative estimate of drug-likeness (QED) is 0.807.